The van der Waals surface area contributed by atoms with Crippen LogP contribution in [0.25, 0.3) is 6.08 Å². The number of carbonyl (C=O) groups is 2. The number of carbonyl (C=O) groups excluding carboxylic acids is 1. The summed E-state index contributed by atoms with van der Waals surface area (Å²) in [5, 5.41) is 18.4. The van der Waals surface area contributed by atoms with Crippen molar-refractivity contribution in [3.05, 3.63) is 41.7 Å². The molecule has 20 heavy (non-hydrogen) atoms. The van der Waals surface area contributed by atoms with Crippen molar-refractivity contribution >= 4 is 18.0 Å². The van der Waals surface area contributed by atoms with Crippen LogP contribution in [-0.4, -0.2) is 45.7 Å². The maximum absolute atomic E-state index is 13.4. The molecule has 1 amide bonds. The predicted octanol–water partition coefficient (Wildman–Crippen LogP) is 0.885. The fourth-order valence-electron chi connectivity index (χ4n) is 2.16. The van der Waals surface area contributed by atoms with E-state index in [9.17, 15) is 19.1 Å². The van der Waals surface area contributed by atoms with Crippen LogP contribution < -0.4 is 0 Å². The molecule has 1 aliphatic heterocycles. The van der Waals surface area contributed by atoms with E-state index >= 15 is 0 Å². The summed E-state index contributed by atoms with van der Waals surface area (Å²) in [5.41, 5.74) is 0.243. The number of aliphatic carboxylic acids is 1. The molecule has 0 spiro atoms. The minimum absolute atomic E-state index is 0.00854. The average molecular weight is 279 g/mol. The van der Waals surface area contributed by atoms with Crippen LogP contribution in [0, 0.1) is 5.82 Å². The van der Waals surface area contributed by atoms with E-state index in [2.05, 4.69) is 0 Å². The molecule has 1 fully saturated rings. The predicted molar refractivity (Wildman–Crippen MR) is 69.2 cm³/mol. The van der Waals surface area contributed by atoms with Crippen molar-refractivity contribution in [2.75, 3.05) is 6.54 Å². The van der Waals surface area contributed by atoms with Gasteiger partial charge < -0.3 is 15.1 Å². The van der Waals surface area contributed by atoms with Gasteiger partial charge in [-0.3, -0.25) is 4.79 Å². The lowest BCUT2D eigenvalue weighted by Gasteiger charge is -2.19. The number of halogens is 1. The zero-order valence-electron chi connectivity index (χ0n) is 10.6. The molecule has 0 radical (unpaired) electrons. The molecule has 1 aromatic rings. The minimum Gasteiger partial charge on any atom is -0.480 e. The third kappa shape index (κ3) is 3.03. The number of hydrogen-bond donors (Lipinski definition) is 2. The number of nitrogens with zero attached hydrogens (tertiary/aromatic N) is 1. The monoisotopic (exact) mass is 279 g/mol. The van der Waals surface area contributed by atoms with Gasteiger partial charge in [-0.25, -0.2) is 9.18 Å². The molecular formula is C14H14FNO4. The van der Waals surface area contributed by atoms with Crippen LogP contribution >= 0.6 is 0 Å². The summed E-state index contributed by atoms with van der Waals surface area (Å²) >= 11 is 0. The van der Waals surface area contributed by atoms with Gasteiger partial charge in [0.2, 0.25) is 5.91 Å². The van der Waals surface area contributed by atoms with E-state index in [0.29, 0.717) is 0 Å². The van der Waals surface area contributed by atoms with Crippen molar-refractivity contribution in [2.24, 2.45) is 0 Å². The normalized spacial score (nSPS) is 22.4. The van der Waals surface area contributed by atoms with Crippen LogP contribution in [0.2, 0.25) is 0 Å². The molecule has 1 aliphatic rings. The molecule has 2 N–H and O–H groups in total. The van der Waals surface area contributed by atoms with Gasteiger partial charge in [-0.1, -0.05) is 18.2 Å². The standard InChI is InChI=1S/C14H14FNO4/c15-11-4-2-1-3-9(11)5-6-13(18)16-8-10(17)7-12(16)14(19)20/h1-6,10,12,17H,7-8H2,(H,19,20)/t10-,12+/m1/s1. The Kier molecular flexibility index (Phi) is 4.14. The first kappa shape index (κ1) is 14.2. The number of carboxylic acid groups (broad SMARTS) is 1. The van der Waals surface area contributed by atoms with Crippen LogP contribution in [0.3, 0.4) is 0 Å². The smallest absolute Gasteiger partial charge is 0.326 e. The maximum atomic E-state index is 13.4. The highest BCUT2D eigenvalue weighted by Gasteiger charge is 2.37. The second-order valence-corrected chi connectivity index (χ2v) is 4.59. The van der Waals surface area contributed by atoms with Gasteiger partial charge in [-0.15, -0.1) is 0 Å². The number of hydrogen-bond acceptors (Lipinski definition) is 3. The quantitative estimate of drug-likeness (QED) is 0.805. The first-order chi connectivity index (χ1) is 9.49. The lowest BCUT2D eigenvalue weighted by Crippen LogP contribution is -2.39. The molecule has 0 aliphatic carbocycles. The summed E-state index contributed by atoms with van der Waals surface area (Å²) < 4.78 is 13.4. The first-order valence-electron chi connectivity index (χ1n) is 6.13. The third-order valence-corrected chi connectivity index (χ3v) is 3.16. The fraction of sp³-hybridized carbons (Fsp3) is 0.286. The van der Waals surface area contributed by atoms with Crippen LogP contribution in [0.4, 0.5) is 4.39 Å². The SMILES string of the molecule is O=C(O)[C@@H]1C[C@@H](O)CN1C(=O)C=Cc1ccccc1F. The Balaban J connectivity index is 2.12. The summed E-state index contributed by atoms with van der Waals surface area (Å²) in [5.74, 6) is -2.18. The summed E-state index contributed by atoms with van der Waals surface area (Å²) in [6, 6.07) is 4.90. The molecule has 1 saturated heterocycles. The summed E-state index contributed by atoms with van der Waals surface area (Å²) in [6.45, 7) is -0.0303. The van der Waals surface area contributed by atoms with E-state index in [0.717, 1.165) is 11.0 Å². The molecule has 0 saturated carbocycles. The second-order valence-electron chi connectivity index (χ2n) is 4.59. The molecule has 2 rings (SSSR count). The second kappa shape index (κ2) is 5.83. The van der Waals surface area contributed by atoms with Crippen LogP contribution in [0.1, 0.15) is 12.0 Å². The molecule has 0 unspecified atom stereocenters. The molecule has 6 heteroatoms. The fourth-order valence-corrected chi connectivity index (χ4v) is 2.16. The van der Waals surface area contributed by atoms with E-state index in [4.69, 9.17) is 5.11 Å². The number of likely N-dealkylation sites (tertiary alicyclic amines) is 1. The number of carboxylic acids is 1. The maximum Gasteiger partial charge on any atom is 0.326 e. The summed E-state index contributed by atoms with van der Waals surface area (Å²) in [6.07, 6.45) is 1.57. The Morgan fingerprint density at radius 1 is 1.35 bits per heavy atom. The highest BCUT2D eigenvalue weighted by Crippen LogP contribution is 2.19. The largest absolute Gasteiger partial charge is 0.480 e. The van der Waals surface area contributed by atoms with E-state index in [1.54, 1.807) is 6.07 Å². The Morgan fingerprint density at radius 2 is 2.05 bits per heavy atom. The van der Waals surface area contributed by atoms with E-state index in [-0.39, 0.29) is 18.5 Å². The number of aliphatic hydroxyl groups is 1. The zero-order valence-corrected chi connectivity index (χ0v) is 10.6. The van der Waals surface area contributed by atoms with Gasteiger partial charge in [-0.05, 0) is 12.1 Å². The zero-order chi connectivity index (χ0) is 14.7. The Hall–Kier alpha value is -2.21. The number of rotatable bonds is 3. The van der Waals surface area contributed by atoms with Gasteiger partial charge in [-0.2, -0.15) is 0 Å². The molecule has 5 nitrogen and oxygen atoms in total. The van der Waals surface area contributed by atoms with Crippen molar-refractivity contribution < 1.29 is 24.2 Å². The molecule has 0 aromatic heterocycles. The highest BCUT2D eigenvalue weighted by atomic mass is 19.1. The van der Waals surface area contributed by atoms with Crippen molar-refractivity contribution in [3.63, 3.8) is 0 Å². The summed E-state index contributed by atoms with van der Waals surface area (Å²) in [7, 11) is 0. The van der Waals surface area contributed by atoms with Crippen molar-refractivity contribution in [1.82, 2.24) is 4.90 Å². The van der Waals surface area contributed by atoms with Gasteiger partial charge in [0.1, 0.15) is 11.9 Å². The van der Waals surface area contributed by atoms with E-state index in [1.807, 2.05) is 0 Å². The lowest BCUT2D eigenvalue weighted by molar-refractivity contribution is -0.146. The minimum atomic E-state index is -1.16. The van der Waals surface area contributed by atoms with Crippen molar-refractivity contribution in [1.29, 1.82) is 0 Å². The van der Waals surface area contributed by atoms with E-state index < -0.39 is 29.8 Å². The van der Waals surface area contributed by atoms with Gasteiger partial charge in [0.05, 0.1) is 6.10 Å². The van der Waals surface area contributed by atoms with Gasteiger partial charge in [0, 0.05) is 24.6 Å². The molecule has 0 bridgehead atoms. The molecule has 1 aromatic carbocycles. The molecule has 106 valence electrons. The van der Waals surface area contributed by atoms with Gasteiger partial charge >= 0.3 is 5.97 Å². The van der Waals surface area contributed by atoms with Gasteiger partial charge in [0.15, 0.2) is 0 Å². The molecule has 2 atom stereocenters. The average Bonchev–Trinajstić information content (AvgIpc) is 2.80. The van der Waals surface area contributed by atoms with Crippen LogP contribution in [0.5, 0.6) is 0 Å². The Morgan fingerprint density at radius 3 is 2.70 bits per heavy atom. The molecule has 1 heterocycles. The topological polar surface area (TPSA) is 77.8 Å². The number of aliphatic hydroxyl groups excluding tert-OH is 1. The van der Waals surface area contributed by atoms with Crippen LogP contribution in [0.15, 0.2) is 30.3 Å². The Labute approximate surface area is 114 Å². The summed E-state index contributed by atoms with van der Waals surface area (Å²) in [4.78, 5) is 24.0. The number of benzene rings is 1. The Bertz CT molecular complexity index is 558. The molecular weight excluding hydrogens is 265 g/mol. The van der Waals surface area contributed by atoms with E-state index in [1.165, 1.54) is 24.3 Å². The van der Waals surface area contributed by atoms with Crippen molar-refractivity contribution in [3.8, 4) is 0 Å². The highest BCUT2D eigenvalue weighted by molar-refractivity contribution is 5.94. The first-order valence-corrected chi connectivity index (χ1v) is 6.13. The lowest BCUT2D eigenvalue weighted by atomic mass is 10.2. The third-order valence-electron chi connectivity index (χ3n) is 3.16. The number of amides is 1. The number of β-amino-alcohol motifs (C(OH)–C–C–N with tert-alkyl or cyclic N) is 1. The van der Waals surface area contributed by atoms with Crippen LogP contribution in [-0.2, 0) is 9.59 Å². The van der Waals surface area contributed by atoms with Crippen molar-refractivity contribution in [2.45, 2.75) is 18.6 Å². The van der Waals surface area contributed by atoms with Gasteiger partial charge in [0.25, 0.3) is 0 Å².